The van der Waals surface area contributed by atoms with Crippen LogP contribution in [-0.4, -0.2) is 37.1 Å². The fourth-order valence-corrected chi connectivity index (χ4v) is 2.33. The van der Waals surface area contributed by atoms with Crippen LogP contribution in [0.2, 0.25) is 0 Å². The van der Waals surface area contributed by atoms with Gasteiger partial charge in [-0.2, -0.15) is 0 Å². The van der Waals surface area contributed by atoms with Crippen LogP contribution in [0.1, 0.15) is 79.1 Å². The predicted molar refractivity (Wildman–Crippen MR) is 87.8 cm³/mol. The number of unbranched alkanes of at least 4 members (excludes halogenated alkanes) is 4. The molecule has 0 bridgehead atoms. The summed E-state index contributed by atoms with van der Waals surface area (Å²) in [5.41, 5.74) is 0. The molecule has 0 saturated carbocycles. The average molecular weight is 271 g/mol. The topological polar surface area (TPSA) is 15.3 Å². The van der Waals surface area contributed by atoms with E-state index in [-0.39, 0.29) is 0 Å². The molecule has 0 aromatic heterocycles. The molecule has 0 radical (unpaired) electrons. The van der Waals surface area contributed by atoms with Crippen molar-refractivity contribution in [2.75, 3.05) is 20.1 Å². The van der Waals surface area contributed by atoms with Crippen LogP contribution in [-0.2, 0) is 0 Å². The van der Waals surface area contributed by atoms with Crippen LogP contribution in [0.4, 0.5) is 0 Å². The summed E-state index contributed by atoms with van der Waals surface area (Å²) in [6.45, 7) is 11.4. The van der Waals surface area contributed by atoms with E-state index in [1.54, 1.807) is 0 Å². The monoisotopic (exact) mass is 270 g/mol. The van der Waals surface area contributed by atoms with Gasteiger partial charge in [0, 0.05) is 25.2 Å². The van der Waals surface area contributed by atoms with Gasteiger partial charge in [0.05, 0.1) is 0 Å². The summed E-state index contributed by atoms with van der Waals surface area (Å²) in [6.07, 6.45) is 10.9. The maximum Gasteiger partial charge on any atom is 0.0107 e. The molecule has 0 amide bonds. The summed E-state index contributed by atoms with van der Waals surface area (Å²) >= 11 is 0. The molecule has 19 heavy (non-hydrogen) atoms. The third-order valence-electron chi connectivity index (χ3n) is 4.09. The highest BCUT2D eigenvalue weighted by atomic mass is 15.1. The maximum atomic E-state index is 3.78. The summed E-state index contributed by atoms with van der Waals surface area (Å²) in [7, 11) is 2.22. The fourth-order valence-electron chi connectivity index (χ4n) is 2.33. The van der Waals surface area contributed by atoms with Crippen LogP contribution in [0, 0.1) is 0 Å². The smallest absolute Gasteiger partial charge is 0.0107 e. The number of hydrogen-bond donors (Lipinski definition) is 1. The van der Waals surface area contributed by atoms with Crippen LogP contribution in [0.15, 0.2) is 0 Å². The second-order valence-electron chi connectivity index (χ2n) is 6.22. The summed E-state index contributed by atoms with van der Waals surface area (Å²) in [5, 5.41) is 3.78. The standard InChI is InChI=1S/C17H38N2/c1-6-8-10-12-17(13-11-9-7-2)18-14-15-19(5)16(3)4/h16-18H,6-15H2,1-5H3. The van der Waals surface area contributed by atoms with Gasteiger partial charge in [0.1, 0.15) is 0 Å². The van der Waals surface area contributed by atoms with Crippen LogP contribution in [0.25, 0.3) is 0 Å². The highest BCUT2D eigenvalue weighted by molar-refractivity contribution is 4.69. The second kappa shape index (κ2) is 12.9. The molecule has 0 aliphatic rings. The largest absolute Gasteiger partial charge is 0.313 e. The van der Waals surface area contributed by atoms with E-state index in [1.165, 1.54) is 51.4 Å². The van der Waals surface area contributed by atoms with E-state index in [2.05, 4.69) is 45.0 Å². The van der Waals surface area contributed by atoms with E-state index < -0.39 is 0 Å². The molecular formula is C17H38N2. The Hall–Kier alpha value is -0.0800. The van der Waals surface area contributed by atoms with Crippen molar-refractivity contribution in [1.82, 2.24) is 10.2 Å². The molecule has 0 rings (SSSR count). The van der Waals surface area contributed by atoms with E-state index in [0.717, 1.165) is 19.1 Å². The summed E-state index contributed by atoms with van der Waals surface area (Å²) in [4.78, 5) is 2.42. The number of nitrogens with one attached hydrogen (secondary N) is 1. The lowest BCUT2D eigenvalue weighted by molar-refractivity contribution is 0.265. The summed E-state index contributed by atoms with van der Waals surface area (Å²) in [5.74, 6) is 0. The highest BCUT2D eigenvalue weighted by Crippen LogP contribution is 2.11. The van der Waals surface area contributed by atoms with Gasteiger partial charge in [0.2, 0.25) is 0 Å². The molecule has 0 aliphatic carbocycles. The zero-order valence-electron chi connectivity index (χ0n) is 14.2. The van der Waals surface area contributed by atoms with Gasteiger partial charge in [0.25, 0.3) is 0 Å². The van der Waals surface area contributed by atoms with E-state index in [9.17, 15) is 0 Å². The fraction of sp³-hybridized carbons (Fsp3) is 1.00. The van der Waals surface area contributed by atoms with Crippen molar-refractivity contribution in [2.45, 2.75) is 91.1 Å². The molecule has 0 aromatic carbocycles. The molecular weight excluding hydrogens is 232 g/mol. The third kappa shape index (κ3) is 11.4. The Morgan fingerprint density at radius 3 is 1.84 bits per heavy atom. The summed E-state index contributed by atoms with van der Waals surface area (Å²) < 4.78 is 0. The van der Waals surface area contributed by atoms with Gasteiger partial charge in [-0.15, -0.1) is 0 Å². The van der Waals surface area contributed by atoms with Crippen LogP contribution in [0.5, 0.6) is 0 Å². The minimum atomic E-state index is 0.653. The second-order valence-corrected chi connectivity index (χ2v) is 6.22. The number of likely N-dealkylation sites (N-methyl/N-ethyl adjacent to an activating group) is 1. The molecule has 116 valence electrons. The van der Waals surface area contributed by atoms with Gasteiger partial charge in [-0.3, -0.25) is 0 Å². The van der Waals surface area contributed by atoms with Gasteiger partial charge < -0.3 is 10.2 Å². The first-order chi connectivity index (χ1) is 9.11. The van der Waals surface area contributed by atoms with Gasteiger partial charge in [-0.05, 0) is 33.7 Å². The molecule has 1 N–H and O–H groups in total. The minimum Gasteiger partial charge on any atom is -0.313 e. The Morgan fingerprint density at radius 1 is 0.895 bits per heavy atom. The molecule has 2 heteroatoms. The Kier molecular flexibility index (Phi) is 12.9. The van der Waals surface area contributed by atoms with E-state index in [4.69, 9.17) is 0 Å². The van der Waals surface area contributed by atoms with Gasteiger partial charge in [0.15, 0.2) is 0 Å². The Balaban J connectivity index is 3.82. The Bertz CT molecular complexity index is 170. The van der Waals surface area contributed by atoms with Crippen molar-refractivity contribution in [3.05, 3.63) is 0 Å². The van der Waals surface area contributed by atoms with Crippen LogP contribution >= 0.6 is 0 Å². The van der Waals surface area contributed by atoms with Gasteiger partial charge in [-0.25, -0.2) is 0 Å². The zero-order chi connectivity index (χ0) is 14.5. The van der Waals surface area contributed by atoms with Crippen LogP contribution < -0.4 is 5.32 Å². The van der Waals surface area contributed by atoms with Crippen molar-refractivity contribution in [3.8, 4) is 0 Å². The van der Waals surface area contributed by atoms with E-state index in [1.807, 2.05) is 0 Å². The number of nitrogens with zero attached hydrogens (tertiary/aromatic N) is 1. The lowest BCUT2D eigenvalue weighted by Crippen LogP contribution is -2.38. The zero-order valence-corrected chi connectivity index (χ0v) is 14.2. The normalized spacial score (nSPS) is 12.0. The van der Waals surface area contributed by atoms with E-state index >= 15 is 0 Å². The first-order valence-corrected chi connectivity index (χ1v) is 8.55. The minimum absolute atomic E-state index is 0.653. The first-order valence-electron chi connectivity index (χ1n) is 8.55. The first kappa shape index (κ1) is 18.9. The molecule has 0 saturated heterocycles. The van der Waals surface area contributed by atoms with Gasteiger partial charge in [-0.1, -0.05) is 52.4 Å². The molecule has 0 aliphatic heterocycles. The summed E-state index contributed by atoms with van der Waals surface area (Å²) in [6, 6.07) is 1.40. The SMILES string of the molecule is CCCCCC(CCCCC)NCCN(C)C(C)C. The maximum absolute atomic E-state index is 3.78. The Morgan fingerprint density at radius 2 is 1.42 bits per heavy atom. The highest BCUT2D eigenvalue weighted by Gasteiger charge is 2.08. The number of hydrogen-bond acceptors (Lipinski definition) is 2. The molecule has 0 aromatic rings. The molecule has 0 unspecified atom stereocenters. The lowest BCUT2D eigenvalue weighted by atomic mass is 10.0. The number of rotatable bonds is 13. The van der Waals surface area contributed by atoms with Crippen molar-refractivity contribution < 1.29 is 0 Å². The van der Waals surface area contributed by atoms with Crippen molar-refractivity contribution in [1.29, 1.82) is 0 Å². The predicted octanol–water partition coefficient (Wildman–Crippen LogP) is 4.45. The molecule has 0 spiro atoms. The quantitative estimate of drug-likeness (QED) is 0.498. The third-order valence-corrected chi connectivity index (χ3v) is 4.09. The average Bonchev–Trinajstić information content (AvgIpc) is 2.38. The van der Waals surface area contributed by atoms with E-state index in [0.29, 0.717) is 6.04 Å². The molecule has 0 atom stereocenters. The van der Waals surface area contributed by atoms with Crippen molar-refractivity contribution in [2.24, 2.45) is 0 Å². The van der Waals surface area contributed by atoms with Crippen molar-refractivity contribution in [3.63, 3.8) is 0 Å². The Labute approximate surface area is 122 Å². The molecule has 0 heterocycles. The van der Waals surface area contributed by atoms with Crippen molar-refractivity contribution >= 4 is 0 Å². The van der Waals surface area contributed by atoms with Gasteiger partial charge >= 0.3 is 0 Å². The van der Waals surface area contributed by atoms with Crippen LogP contribution in [0.3, 0.4) is 0 Å². The molecule has 2 nitrogen and oxygen atoms in total. The lowest BCUT2D eigenvalue weighted by Gasteiger charge is -2.24. The molecule has 0 fully saturated rings.